The highest BCUT2D eigenvalue weighted by Gasteiger charge is 2.09. The third-order valence-electron chi connectivity index (χ3n) is 1.98. The van der Waals surface area contributed by atoms with Crippen LogP contribution in [0.25, 0.3) is 0 Å². The monoisotopic (exact) mass is 201 g/mol. The minimum absolute atomic E-state index is 0.00961. The Morgan fingerprint density at radius 3 is 2.92 bits per heavy atom. The molecule has 0 spiro atoms. The summed E-state index contributed by atoms with van der Waals surface area (Å²) in [4.78, 5) is 0. The van der Waals surface area contributed by atoms with Crippen LogP contribution in [0.3, 0.4) is 0 Å². The van der Waals surface area contributed by atoms with Gasteiger partial charge < -0.3 is 0 Å². The highest BCUT2D eigenvalue weighted by Crippen LogP contribution is 2.20. The van der Waals surface area contributed by atoms with E-state index in [0.29, 0.717) is 0 Å². The van der Waals surface area contributed by atoms with E-state index < -0.39 is 0 Å². The molecule has 74 valence electrons. The van der Waals surface area contributed by atoms with Crippen LogP contribution in [0.4, 0.5) is 0 Å². The van der Waals surface area contributed by atoms with Crippen molar-refractivity contribution in [2.75, 3.05) is 0 Å². The first-order valence-corrected chi connectivity index (χ1v) is 5.25. The molecule has 0 N–H and O–H groups in total. The summed E-state index contributed by atoms with van der Waals surface area (Å²) in [6.45, 7) is 5.15. The van der Waals surface area contributed by atoms with Crippen LogP contribution in [0, 0.1) is 0 Å². The number of aryl methyl sites for hydroxylation is 1. The van der Waals surface area contributed by atoms with Crippen LogP contribution in [0.2, 0.25) is 0 Å². The number of nitrogens with zero attached hydrogens (tertiary/aromatic N) is 3. The molecule has 4 heteroatoms. The lowest BCUT2D eigenvalue weighted by molar-refractivity contribution is 0.553. The fourth-order valence-corrected chi connectivity index (χ4v) is 1.20. The zero-order valence-corrected chi connectivity index (χ0v) is 8.96. The van der Waals surface area contributed by atoms with Gasteiger partial charge in [-0.05, 0) is 12.8 Å². The Kier molecular flexibility index (Phi) is 4.22. The Morgan fingerprint density at radius 2 is 2.31 bits per heavy atom. The van der Waals surface area contributed by atoms with E-state index in [1.54, 1.807) is 0 Å². The van der Waals surface area contributed by atoms with Gasteiger partial charge in [0, 0.05) is 12.7 Å². The number of halogens is 1. The van der Waals surface area contributed by atoms with Crippen molar-refractivity contribution in [3.05, 3.63) is 11.9 Å². The number of rotatable bonds is 5. The molecule has 1 aromatic heterocycles. The van der Waals surface area contributed by atoms with Crippen molar-refractivity contribution < 1.29 is 0 Å². The average molecular weight is 202 g/mol. The predicted octanol–water partition coefficient (Wildman–Crippen LogP) is 2.77. The summed E-state index contributed by atoms with van der Waals surface area (Å²) in [6.07, 6.45) is 5.15. The Balaban J connectivity index is 2.53. The summed E-state index contributed by atoms with van der Waals surface area (Å²) in [5.74, 6) is 0. The van der Waals surface area contributed by atoms with E-state index in [2.05, 4.69) is 17.2 Å². The summed E-state index contributed by atoms with van der Waals surface area (Å²) in [6, 6.07) is 0. The van der Waals surface area contributed by atoms with Gasteiger partial charge in [-0.3, -0.25) is 4.68 Å². The highest BCUT2D eigenvalue weighted by atomic mass is 35.5. The standard InChI is InChI=1S/C9H16ClN3/c1-3-5-6-13-7-9(11-12-13)8(10)4-2/h7-8H,3-6H2,1-2H3. The predicted molar refractivity (Wildman–Crippen MR) is 53.8 cm³/mol. The molecular weight excluding hydrogens is 186 g/mol. The lowest BCUT2D eigenvalue weighted by Crippen LogP contribution is -1.97. The minimum atomic E-state index is 0.00961. The molecule has 0 bridgehead atoms. The summed E-state index contributed by atoms with van der Waals surface area (Å²) >= 11 is 6.02. The van der Waals surface area contributed by atoms with Gasteiger partial charge in [0.1, 0.15) is 5.69 Å². The first-order valence-electron chi connectivity index (χ1n) is 4.82. The largest absolute Gasteiger partial charge is 0.252 e. The van der Waals surface area contributed by atoms with Crippen LogP contribution in [0.15, 0.2) is 6.20 Å². The highest BCUT2D eigenvalue weighted by molar-refractivity contribution is 6.20. The Hall–Kier alpha value is -0.570. The fraction of sp³-hybridized carbons (Fsp3) is 0.778. The molecule has 13 heavy (non-hydrogen) atoms. The van der Waals surface area contributed by atoms with Gasteiger partial charge in [0.25, 0.3) is 0 Å². The molecule has 0 aliphatic carbocycles. The molecule has 0 radical (unpaired) electrons. The molecule has 0 amide bonds. The SMILES string of the molecule is CCCCn1cc(C(Cl)CC)nn1. The maximum Gasteiger partial charge on any atom is 0.100 e. The van der Waals surface area contributed by atoms with Crippen LogP contribution in [0.1, 0.15) is 44.2 Å². The van der Waals surface area contributed by atoms with Crippen LogP contribution in [0.5, 0.6) is 0 Å². The number of hydrogen-bond acceptors (Lipinski definition) is 2. The Bertz CT molecular complexity index is 247. The van der Waals surface area contributed by atoms with E-state index in [-0.39, 0.29) is 5.38 Å². The molecule has 1 unspecified atom stereocenters. The zero-order chi connectivity index (χ0) is 9.68. The van der Waals surface area contributed by atoms with E-state index in [1.807, 2.05) is 17.8 Å². The first-order chi connectivity index (χ1) is 6.27. The van der Waals surface area contributed by atoms with Crippen molar-refractivity contribution in [1.29, 1.82) is 0 Å². The number of unbranched alkanes of at least 4 members (excludes halogenated alkanes) is 1. The molecule has 3 nitrogen and oxygen atoms in total. The number of hydrogen-bond donors (Lipinski definition) is 0. The van der Waals surface area contributed by atoms with Crippen molar-refractivity contribution >= 4 is 11.6 Å². The van der Waals surface area contributed by atoms with Crippen molar-refractivity contribution in [2.24, 2.45) is 0 Å². The number of alkyl halides is 1. The Morgan fingerprint density at radius 1 is 1.54 bits per heavy atom. The summed E-state index contributed by atoms with van der Waals surface area (Å²) in [5, 5.41) is 8.04. The molecule has 1 atom stereocenters. The lowest BCUT2D eigenvalue weighted by atomic mass is 10.3. The maximum atomic E-state index is 6.02. The van der Waals surface area contributed by atoms with Crippen LogP contribution in [-0.2, 0) is 6.54 Å². The molecule has 1 rings (SSSR count). The van der Waals surface area contributed by atoms with Gasteiger partial charge >= 0.3 is 0 Å². The molecule has 0 aromatic carbocycles. The van der Waals surface area contributed by atoms with Crippen molar-refractivity contribution in [2.45, 2.75) is 45.0 Å². The van der Waals surface area contributed by atoms with Gasteiger partial charge in [0.2, 0.25) is 0 Å². The maximum absolute atomic E-state index is 6.02. The van der Waals surface area contributed by atoms with Crippen LogP contribution < -0.4 is 0 Å². The summed E-state index contributed by atoms with van der Waals surface area (Å²) < 4.78 is 1.86. The van der Waals surface area contributed by atoms with E-state index in [9.17, 15) is 0 Å². The Labute approximate surface area is 84.1 Å². The fourth-order valence-electron chi connectivity index (χ4n) is 1.10. The van der Waals surface area contributed by atoms with Gasteiger partial charge in [-0.25, -0.2) is 0 Å². The van der Waals surface area contributed by atoms with Crippen molar-refractivity contribution in [1.82, 2.24) is 15.0 Å². The van der Waals surface area contributed by atoms with Crippen molar-refractivity contribution in [3.8, 4) is 0 Å². The zero-order valence-electron chi connectivity index (χ0n) is 8.20. The third-order valence-corrected chi connectivity index (χ3v) is 2.51. The second-order valence-electron chi connectivity index (χ2n) is 3.14. The van der Waals surface area contributed by atoms with Gasteiger partial charge in [0.15, 0.2) is 0 Å². The number of aromatic nitrogens is 3. The van der Waals surface area contributed by atoms with E-state index in [1.165, 1.54) is 6.42 Å². The molecular formula is C9H16ClN3. The lowest BCUT2D eigenvalue weighted by Gasteiger charge is -1.99. The van der Waals surface area contributed by atoms with Gasteiger partial charge in [-0.15, -0.1) is 16.7 Å². The quantitative estimate of drug-likeness (QED) is 0.686. The van der Waals surface area contributed by atoms with Gasteiger partial charge in [-0.1, -0.05) is 25.5 Å². The van der Waals surface area contributed by atoms with E-state index in [0.717, 1.165) is 25.1 Å². The normalized spacial score (nSPS) is 13.2. The molecule has 0 saturated heterocycles. The van der Waals surface area contributed by atoms with Crippen LogP contribution in [-0.4, -0.2) is 15.0 Å². The minimum Gasteiger partial charge on any atom is -0.252 e. The van der Waals surface area contributed by atoms with Gasteiger partial charge in [0.05, 0.1) is 5.38 Å². The molecule has 1 heterocycles. The van der Waals surface area contributed by atoms with Crippen LogP contribution >= 0.6 is 11.6 Å². The summed E-state index contributed by atoms with van der Waals surface area (Å²) in [7, 11) is 0. The molecule has 0 saturated carbocycles. The molecule has 0 fully saturated rings. The first kappa shape index (κ1) is 10.5. The average Bonchev–Trinajstić information content (AvgIpc) is 2.62. The molecule has 1 aromatic rings. The second-order valence-corrected chi connectivity index (χ2v) is 3.66. The topological polar surface area (TPSA) is 30.7 Å². The van der Waals surface area contributed by atoms with E-state index in [4.69, 9.17) is 11.6 Å². The van der Waals surface area contributed by atoms with E-state index >= 15 is 0 Å². The van der Waals surface area contributed by atoms with Gasteiger partial charge in [-0.2, -0.15) is 0 Å². The third kappa shape index (κ3) is 2.99. The smallest absolute Gasteiger partial charge is 0.100 e. The second kappa shape index (κ2) is 5.22. The summed E-state index contributed by atoms with van der Waals surface area (Å²) in [5.41, 5.74) is 0.889. The molecule has 0 aliphatic rings. The van der Waals surface area contributed by atoms with Crippen molar-refractivity contribution in [3.63, 3.8) is 0 Å². The molecule has 0 aliphatic heterocycles.